The molecule has 0 bridgehead atoms. The number of anilines is 1. The Balaban J connectivity index is 3.27. The van der Waals surface area contributed by atoms with Gasteiger partial charge in [0.25, 0.3) is 0 Å². The van der Waals surface area contributed by atoms with Gasteiger partial charge < -0.3 is 4.74 Å². The van der Waals surface area contributed by atoms with Crippen LogP contribution in [0.1, 0.15) is 11.1 Å². The van der Waals surface area contributed by atoms with Gasteiger partial charge in [0.15, 0.2) is 0 Å². The number of hydrogen-bond acceptors (Lipinski definition) is 4. The standard InChI is InChI=1S/C12H17NO4S/c1-9-6-5-7-11(10(9)2)13(18(4,15)16)8-12(14)17-3/h5-7H,8H2,1-4H3. The predicted octanol–water partition coefficient (Wildman–Crippen LogP) is 1.24. The molecule has 0 aliphatic carbocycles. The lowest BCUT2D eigenvalue weighted by atomic mass is 10.1. The van der Waals surface area contributed by atoms with Crippen molar-refractivity contribution in [2.75, 3.05) is 24.2 Å². The number of carbonyl (C=O) groups excluding carboxylic acids is 1. The summed E-state index contributed by atoms with van der Waals surface area (Å²) in [7, 11) is -2.30. The van der Waals surface area contributed by atoms with Crippen molar-refractivity contribution < 1.29 is 17.9 Å². The molecule has 0 fully saturated rings. The molecular weight excluding hydrogens is 254 g/mol. The third kappa shape index (κ3) is 3.22. The average molecular weight is 271 g/mol. The number of rotatable bonds is 4. The Kier molecular flexibility index (Phi) is 4.34. The summed E-state index contributed by atoms with van der Waals surface area (Å²) in [6.07, 6.45) is 1.07. The van der Waals surface area contributed by atoms with E-state index in [1.807, 2.05) is 19.9 Å². The van der Waals surface area contributed by atoms with Crippen molar-refractivity contribution in [2.45, 2.75) is 13.8 Å². The summed E-state index contributed by atoms with van der Waals surface area (Å²) >= 11 is 0. The van der Waals surface area contributed by atoms with E-state index < -0.39 is 16.0 Å². The first kappa shape index (κ1) is 14.5. The zero-order valence-corrected chi connectivity index (χ0v) is 11.7. The highest BCUT2D eigenvalue weighted by atomic mass is 32.2. The summed E-state index contributed by atoms with van der Waals surface area (Å²) in [4.78, 5) is 11.3. The largest absolute Gasteiger partial charge is 0.468 e. The number of benzene rings is 1. The van der Waals surface area contributed by atoms with E-state index >= 15 is 0 Å². The minimum atomic E-state index is -3.53. The third-order valence-corrected chi connectivity index (χ3v) is 3.87. The van der Waals surface area contributed by atoms with Crippen LogP contribution in [0.3, 0.4) is 0 Å². The van der Waals surface area contributed by atoms with E-state index in [9.17, 15) is 13.2 Å². The Bertz CT molecular complexity index is 551. The fourth-order valence-electron chi connectivity index (χ4n) is 1.57. The molecule has 0 radical (unpaired) electrons. The van der Waals surface area contributed by atoms with Crippen LogP contribution < -0.4 is 4.31 Å². The van der Waals surface area contributed by atoms with Gasteiger partial charge in [-0.1, -0.05) is 12.1 Å². The van der Waals surface area contributed by atoms with Crippen LogP contribution in [0.5, 0.6) is 0 Å². The SMILES string of the molecule is COC(=O)CN(c1cccc(C)c1C)S(C)(=O)=O. The Labute approximate surface area is 107 Å². The lowest BCUT2D eigenvalue weighted by Gasteiger charge is -2.23. The van der Waals surface area contributed by atoms with Crippen molar-refractivity contribution >= 4 is 21.7 Å². The topological polar surface area (TPSA) is 63.7 Å². The van der Waals surface area contributed by atoms with Gasteiger partial charge in [0.05, 0.1) is 19.1 Å². The van der Waals surface area contributed by atoms with Crippen molar-refractivity contribution in [1.82, 2.24) is 0 Å². The van der Waals surface area contributed by atoms with E-state index in [1.54, 1.807) is 12.1 Å². The van der Waals surface area contributed by atoms with Crippen molar-refractivity contribution in [3.63, 3.8) is 0 Å². The maximum absolute atomic E-state index is 11.8. The molecule has 1 aromatic carbocycles. The van der Waals surface area contributed by atoms with Crippen LogP contribution in [0.2, 0.25) is 0 Å². The molecule has 1 rings (SSSR count). The molecule has 18 heavy (non-hydrogen) atoms. The fraction of sp³-hybridized carbons (Fsp3) is 0.417. The second-order valence-electron chi connectivity index (χ2n) is 4.06. The molecule has 0 atom stereocenters. The molecule has 1 aromatic rings. The van der Waals surface area contributed by atoms with Gasteiger partial charge in [-0.3, -0.25) is 9.10 Å². The van der Waals surface area contributed by atoms with Crippen LogP contribution >= 0.6 is 0 Å². The smallest absolute Gasteiger partial charge is 0.326 e. The van der Waals surface area contributed by atoms with Gasteiger partial charge >= 0.3 is 5.97 Å². The molecule has 0 saturated heterocycles. The minimum absolute atomic E-state index is 0.320. The predicted molar refractivity (Wildman–Crippen MR) is 70.1 cm³/mol. The van der Waals surface area contributed by atoms with Crippen LogP contribution in [-0.2, 0) is 19.6 Å². The molecule has 6 heteroatoms. The summed E-state index contributed by atoms with van der Waals surface area (Å²) in [5.74, 6) is -0.596. The van der Waals surface area contributed by atoms with E-state index in [-0.39, 0.29) is 6.54 Å². The molecule has 0 unspecified atom stereocenters. The normalized spacial score (nSPS) is 11.1. The lowest BCUT2D eigenvalue weighted by molar-refractivity contribution is -0.138. The van der Waals surface area contributed by atoms with Crippen molar-refractivity contribution in [2.24, 2.45) is 0 Å². The molecule has 5 nitrogen and oxygen atoms in total. The van der Waals surface area contributed by atoms with Crippen LogP contribution in [0.15, 0.2) is 18.2 Å². The highest BCUT2D eigenvalue weighted by Gasteiger charge is 2.22. The summed E-state index contributed by atoms with van der Waals surface area (Å²) in [6, 6.07) is 5.32. The monoisotopic (exact) mass is 271 g/mol. The van der Waals surface area contributed by atoms with Crippen LogP contribution in [0.25, 0.3) is 0 Å². The van der Waals surface area contributed by atoms with Crippen molar-refractivity contribution in [3.8, 4) is 0 Å². The summed E-state index contributed by atoms with van der Waals surface area (Å²) in [6.45, 7) is 3.39. The Morgan fingerprint density at radius 2 is 1.94 bits per heavy atom. The van der Waals surface area contributed by atoms with Gasteiger partial charge in [-0.2, -0.15) is 0 Å². The number of esters is 1. The van der Waals surface area contributed by atoms with Gasteiger partial charge in [0.2, 0.25) is 10.0 Å². The lowest BCUT2D eigenvalue weighted by Crippen LogP contribution is -2.36. The molecule has 0 spiro atoms. The van der Waals surface area contributed by atoms with Crippen LogP contribution in [0, 0.1) is 13.8 Å². The third-order valence-electron chi connectivity index (χ3n) is 2.75. The van der Waals surface area contributed by atoms with Gasteiger partial charge in [-0.15, -0.1) is 0 Å². The van der Waals surface area contributed by atoms with Gasteiger partial charge in [-0.25, -0.2) is 8.42 Å². The van der Waals surface area contributed by atoms with E-state index in [0.29, 0.717) is 5.69 Å². The molecule has 0 heterocycles. The summed E-state index contributed by atoms with van der Waals surface area (Å²) in [5, 5.41) is 0. The number of sulfonamides is 1. The maximum Gasteiger partial charge on any atom is 0.326 e. The fourth-order valence-corrected chi connectivity index (χ4v) is 2.46. The Morgan fingerprint density at radius 3 is 2.44 bits per heavy atom. The molecule has 0 aliphatic heterocycles. The first-order valence-corrected chi connectivity index (χ1v) is 7.23. The summed E-state index contributed by atoms with van der Waals surface area (Å²) in [5.41, 5.74) is 2.29. The maximum atomic E-state index is 11.8. The molecule has 0 amide bonds. The van der Waals surface area contributed by atoms with E-state index in [0.717, 1.165) is 21.7 Å². The molecule has 0 aliphatic rings. The number of ether oxygens (including phenoxy) is 1. The number of nitrogens with zero attached hydrogens (tertiary/aromatic N) is 1. The zero-order chi connectivity index (χ0) is 13.9. The van der Waals surface area contributed by atoms with Gasteiger partial charge in [-0.05, 0) is 31.0 Å². The minimum Gasteiger partial charge on any atom is -0.468 e. The van der Waals surface area contributed by atoms with Crippen LogP contribution in [0.4, 0.5) is 5.69 Å². The van der Waals surface area contributed by atoms with Crippen LogP contribution in [-0.4, -0.2) is 34.3 Å². The Hall–Kier alpha value is -1.56. The van der Waals surface area contributed by atoms with E-state index in [1.165, 1.54) is 7.11 Å². The average Bonchev–Trinajstić information content (AvgIpc) is 2.28. The summed E-state index contributed by atoms with van der Waals surface area (Å²) < 4.78 is 29.1. The van der Waals surface area contributed by atoms with Gasteiger partial charge in [0.1, 0.15) is 6.54 Å². The molecular formula is C12H17NO4S. The quantitative estimate of drug-likeness (QED) is 0.773. The Morgan fingerprint density at radius 1 is 1.33 bits per heavy atom. The second kappa shape index (κ2) is 5.39. The highest BCUT2D eigenvalue weighted by Crippen LogP contribution is 2.24. The number of hydrogen-bond donors (Lipinski definition) is 0. The second-order valence-corrected chi connectivity index (χ2v) is 5.97. The highest BCUT2D eigenvalue weighted by molar-refractivity contribution is 7.92. The molecule has 100 valence electrons. The van der Waals surface area contributed by atoms with Crippen molar-refractivity contribution in [1.29, 1.82) is 0 Å². The molecule has 0 saturated carbocycles. The number of aryl methyl sites for hydroxylation is 1. The molecule has 0 aromatic heterocycles. The zero-order valence-electron chi connectivity index (χ0n) is 10.9. The van der Waals surface area contributed by atoms with E-state index in [2.05, 4.69) is 4.74 Å². The first-order chi connectivity index (χ1) is 8.27. The number of carbonyl (C=O) groups is 1. The van der Waals surface area contributed by atoms with Crippen molar-refractivity contribution in [3.05, 3.63) is 29.3 Å². The number of methoxy groups -OCH3 is 1. The first-order valence-electron chi connectivity index (χ1n) is 5.38. The van der Waals surface area contributed by atoms with E-state index in [4.69, 9.17) is 0 Å². The van der Waals surface area contributed by atoms with Gasteiger partial charge in [0, 0.05) is 0 Å². The molecule has 0 N–H and O–H groups in total.